The van der Waals surface area contributed by atoms with Crippen LogP contribution in [0, 0.1) is 0 Å². The summed E-state index contributed by atoms with van der Waals surface area (Å²) < 4.78 is 10.9. The van der Waals surface area contributed by atoms with Gasteiger partial charge in [-0.05, 0) is 30.3 Å². The fourth-order valence-corrected chi connectivity index (χ4v) is 2.24. The molecule has 1 aliphatic heterocycles. The van der Waals surface area contributed by atoms with Gasteiger partial charge in [0, 0.05) is 17.4 Å². The molecule has 5 nitrogen and oxygen atoms in total. The van der Waals surface area contributed by atoms with Crippen LogP contribution < -0.4 is 20.5 Å². The smallest absolute Gasteiger partial charge is 0.257 e. The Morgan fingerprint density at radius 1 is 1.10 bits per heavy atom. The lowest BCUT2D eigenvalue weighted by Gasteiger charge is -2.19. The summed E-state index contributed by atoms with van der Waals surface area (Å²) in [6.45, 7) is 1.02. The van der Waals surface area contributed by atoms with Crippen LogP contribution in [-0.4, -0.2) is 19.1 Å². The van der Waals surface area contributed by atoms with Crippen molar-refractivity contribution in [2.24, 2.45) is 0 Å². The van der Waals surface area contributed by atoms with E-state index in [9.17, 15) is 4.79 Å². The van der Waals surface area contributed by atoms with Gasteiger partial charge in [-0.15, -0.1) is 0 Å². The molecule has 1 aliphatic rings. The molecule has 6 heteroatoms. The molecule has 108 valence electrons. The summed E-state index contributed by atoms with van der Waals surface area (Å²) in [5, 5.41) is 3.11. The van der Waals surface area contributed by atoms with Gasteiger partial charge < -0.3 is 20.5 Å². The zero-order chi connectivity index (χ0) is 14.8. The largest absolute Gasteiger partial charge is 0.486 e. The van der Waals surface area contributed by atoms with Gasteiger partial charge in [0.2, 0.25) is 0 Å². The molecule has 2 aromatic rings. The minimum Gasteiger partial charge on any atom is -0.486 e. The van der Waals surface area contributed by atoms with E-state index >= 15 is 0 Å². The van der Waals surface area contributed by atoms with E-state index in [4.69, 9.17) is 26.8 Å². The number of nitrogen functional groups attached to an aromatic ring is 1. The lowest BCUT2D eigenvalue weighted by molar-refractivity contribution is 0.102. The third-order valence-electron chi connectivity index (χ3n) is 3.04. The van der Waals surface area contributed by atoms with E-state index in [0.29, 0.717) is 46.7 Å². The monoisotopic (exact) mass is 304 g/mol. The summed E-state index contributed by atoms with van der Waals surface area (Å²) in [6, 6.07) is 9.98. The zero-order valence-corrected chi connectivity index (χ0v) is 11.8. The highest BCUT2D eigenvalue weighted by atomic mass is 35.5. The first kappa shape index (κ1) is 13.6. The molecule has 0 unspecified atom stereocenters. The Morgan fingerprint density at radius 3 is 2.67 bits per heavy atom. The minimum atomic E-state index is -0.330. The summed E-state index contributed by atoms with van der Waals surface area (Å²) in [5.74, 6) is 0.947. The molecule has 3 rings (SSSR count). The normalized spacial score (nSPS) is 12.8. The van der Waals surface area contributed by atoms with E-state index in [1.807, 2.05) is 0 Å². The summed E-state index contributed by atoms with van der Waals surface area (Å²) in [4.78, 5) is 12.2. The predicted molar refractivity (Wildman–Crippen MR) is 81.2 cm³/mol. The van der Waals surface area contributed by atoms with Crippen LogP contribution in [0.15, 0.2) is 36.4 Å². The fraction of sp³-hybridized carbons (Fsp3) is 0.133. The van der Waals surface area contributed by atoms with Gasteiger partial charge in [0.15, 0.2) is 11.5 Å². The SMILES string of the molecule is Nc1ccc(Cl)c(C(=O)Nc2ccc3c(c2)OCCO3)c1. The average Bonchev–Trinajstić information content (AvgIpc) is 2.49. The highest BCUT2D eigenvalue weighted by Gasteiger charge is 2.15. The first-order valence-electron chi connectivity index (χ1n) is 6.39. The molecule has 21 heavy (non-hydrogen) atoms. The van der Waals surface area contributed by atoms with Crippen LogP contribution in [0.4, 0.5) is 11.4 Å². The number of carbonyl (C=O) groups is 1. The Kier molecular flexibility index (Phi) is 3.58. The minimum absolute atomic E-state index is 0.326. The Balaban J connectivity index is 1.83. The molecule has 0 aromatic heterocycles. The van der Waals surface area contributed by atoms with Gasteiger partial charge >= 0.3 is 0 Å². The Hall–Kier alpha value is -2.40. The van der Waals surface area contributed by atoms with E-state index in [-0.39, 0.29) is 5.91 Å². The molecular formula is C15H13ClN2O3. The summed E-state index contributed by atoms with van der Waals surface area (Å²) in [5.41, 5.74) is 7.08. The van der Waals surface area contributed by atoms with Crippen LogP contribution in [0.1, 0.15) is 10.4 Å². The number of benzene rings is 2. The first-order valence-corrected chi connectivity index (χ1v) is 6.77. The quantitative estimate of drug-likeness (QED) is 0.837. The number of carbonyl (C=O) groups excluding carboxylic acids is 1. The average molecular weight is 305 g/mol. The van der Waals surface area contributed by atoms with Gasteiger partial charge in [-0.1, -0.05) is 11.6 Å². The molecule has 1 amide bonds. The van der Waals surface area contributed by atoms with Crippen molar-refractivity contribution < 1.29 is 14.3 Å². The van der Waals surface area contributed by atoms with E-state index in [1.54, 1.807) is 30.3 Å². The molecule has 0 saturated carbocycles. The second-order valence-electron chi connectivity index (χ2n) is 4.55. The van der Waals surface area contributed by atoms with Crippen molar-refractivity contribution in [3.05, 3.63) is 47.0 Å². The van der Waals surface area contributed by atoms with Gasteiger partial charge in [0.25, 0.3) is 5.91 Å². The molecule has 2 aromatic carbocycles. The highest BCUT2D eigenvalue weighted by Crippen LogP contribution is 2.33. The maximum Gasteiger partial charge on any atom is 0.257 e. The van der Waals surface area contributed by atoms with Crippen molar-refractivity contribution in [3.8, 4) is 11.5 Å². The van der Waals surface area contributed by atoms with Gasteiger partial charge in [0.1, 0.15) is 13.2 Å². The molecule has 0 bridgehead atoms. The number of fused-ring (bicyclic) bond motifs is 1. The number of hydrogen-bond donors (Lipinski definition) is 2. The van der Waals surface area contributed by atoms with E-state index in [2.05, 4.69) is 5.32 Å². The fourth-order valence-electron chi connectivity index (χ4n) is 2.04. The Bertz CT molecular complexity index is 703. The van der Waals surface area contributed by atoms with Crippen LogP contribution in [-0.2, 0) is 0 Å². The standard InChI is InChI=1S/C15H13ClN2O3/c16-12-3-1-9(17)7-11(12)15(19)18-10-2-4-13-14(8-10)21-6-5-20-13/h1-4,7-8H,5-6,17H2,(H,18,19). The second kappa shape index (κ2) is 5.54. The third kappa shape index (κ3) is 2.87. The van der Waals surface area contributed by atoms with Gasteiger partial charge in [-0.3, -0.25) is 4.79 Å². The molecule has 0 aliphatic carbocycles. The Morgan fingerprint density at radius 2 is 1.86 bits per heavy atom. The van der Waals surface area contributed by atoms with Crippen molar-refractivity contribution in [2.45, 2.75) is 0 Å². The van der Waals surface area contributed by atoms with Crippen molar-refractivity contribution in [1.29, 1.82) is 0 Å². The van der Waals surface area contributed by atoms with Crippen molar-refractivity contribution >= 4 is 28.9 Å². The van der Waals surface area contributed by atoms with Crippen LogP contribution in [0.5, 0.6) is 11.5 Å². The Labute approximate surface area is 126 Å². The third-order valence-corrected chi connectivity index (χ3v) is 3.36. The zero-order valence-electron chi connectivity index (χ0n) is 11.1. The maximum atomic E-state index is 12.2. The number of rotatable bonds is 2. The van der Waals surface area contributed by atoms with Crippen molar-refractivity contribution in [3.63, 3.8) is 0 Å². The molecule has 0 atom stereocenters. The first-order chi connectivity index (χ1) is 10.1. The number of nitrogens with two attached hydrogens (primary N) is 1. The van der Waals surface area contributed by atoms with Gasteiger partial charge in [-0.2, -0.15) is 0 Å². The van der Waals surface area contributed by atoms with E-state index in [1.165, 1.54) is 6.07 Å². The lowest BCUT2D eigenvalue weighted by Crippen LogP contribution is -2.16. The molecule has 0 saturated heterocycles. The molecular weight excluding hydrogens is 292 g/mol. The van der Waals surface area contributed by atoms with Crippen LogP contribution in [0.25, 0.3) is 0 Å². The number of halogens is 1. The second-order valence-corrected chi connectivity index (χ2v) is 4.96. The van der Waals surface area contributed by atoms with E-state index in [0.717, 1.165) is 0 Å². The highest BCUT2D eigenvalue weighted by molar-refractivity contribution is 6.34. The van der Waals surface area contributed by atoms with Crippen molar-refractivity contribution in [2.75, 3.05) is 24.3 Å². The van der Waals surface area contributed by atoms with Gasteiger partial charge in [-0.25, -0.2) is 0 Å². The van der Waals surface area contributed by atoms with E-state index < -0.39 is 0 Å². The predicted octanol–water partition coefficient (Wildman–Crippen LogP) is 2.95. The molecule has 1 heterocycles. The van der Waals surface area contributed by atoms with Crippen LogP contribution in [0.3, 0.4) is 0 Å². The van der Waals surface area contributed by atoms with Crippen molar-refractivity contribution in [1.82, 2.24) is 0 Å². The number of amides is 1. The molecule has 0 spiro atoms. The molecule has 0 radical (unpaired) electrons. The van der Waals surface area contributed by atoms with Gasteiger partial charge in [0.05, 0.1) is 10.6 Å². The lowest BCUT2D eigenvalue weighted by atomic mass is 10.2. The molecule has 3 N–H and O–H groups in total. The van der Waals surface area contributed by atoms with Crippen LogP contribution in [0.2, 0.25) is 5.02 Å². The maximum absolute atomic E-state index is 12.2. The number of anilines is 2. The summed E-state index contributed by atoms with van der Waals surface area (Å²) in [6.07, 6.45) is 0. The number of ether oxygens (including phenoxy) is 2. The van der Waals surface area contributed by atoms with Crippen LogP contribution >= 0.6 is 11.6 Å². The molecule has 0 fully saturated rings. The summed E-state index contributed by atoms with van der Waals surface area (Å²) >= 11 is 6.01. The topological polar surface area (TPSA) is 73.6 Å². The number of nitrogens with one attached hydrogen (secondary N) is 1. The summed E-state index contributed by atoms with van der Waals surface area (Å²) in [7, 11) is 0. The number of hydrogen-bond acceptors (Lipinski definition) is 4.